The van der Waals surface area contributed by atoms with Gasteiger partial charge in [0, 0.05) is 37.3 Å². The van der Waals surface area contributed by atoms with Gasteiger partial charge in [-0.05, 0) is 43.9 Å². The number of hydrogen-bond acceptors (Lipinski definition) is 2. The highest BCUT2D eigenvalue weighted by atomic mass is 16.2. The third-order valence-electron chi connectivity index (χ3n) is 5.47. The van der Waals surface area contributed by atoms with Gasteiger partial charge in [0.05, 0.1) is 0 Å². The summed E-state index contributed by atoms with van der Waals surface area (Å²) >= 11 is 0. The third kappa shape index (κ3) is 4.53. The smallest absolute Gasteiger partial charge is 0.226 e. The molecule has 0 spiro atoms. The van der Waals surface area contributed by atoms with Crippen LogP contribution < -0.4 is 4.90 Å². The first-order valence-electron chi connectivity index (χ1n) is 9.84. The molecule has 1 atom stereocenters. The van der Waals surface area contributed by atoms with E-state index in [2.05, 4.69) is 54.3 Å². The number of benzene rings is 2. The van der Waals surface area contributed by atoms with Crippen molar-refractivity contribution >= 4 is 11.6 Å². The molecule has 1 aliphatic heterocycles. The molecule has 1 aliphatic rings. The fourth-order valence-corrected chi connectivity index (χ4v) is 3.99. The van der Waals surface area contributed by atoms with Crippen molar-refractivity contribution in [1.82, 2.24) is 4.90 Å². The van der Waals surface area contributed by atoms with Gasteiger partial charge in [0.25, 0.3) is 0 Å². The van der Waals surface area contributed by atoms with Crippen molar-refractivity contribution in [3.05, 3.63) is 66.2 Å². The lowest BCUT2D eigenvalue weighted by Crippen LogP contribution is -2.49. The fraction of sp³-hybridized carbons (Fsp3) is 0.435. The molecular weight excluding hydrogens is 320 g/mol. The molecular formula is C23H30N2O. The average Bonchev–Trinajstić information content (AvgIpc) is 2.70. The van der Waals surface area contributed by atoms with Crippen LogP contribution in [0.4, 0.5) is 5.69 Å². The first kappa shape index (κ1) is 18.7. The number of anilines is 1. The van der Waals surface area contributed by atoms with Crippen LogP contribution in [0.15, 0.2) is 60.7 Å². The molecule has 0 aliphatic carbocycles. The van der Waals surface area contributed by atoms with Crippen LogP contribution >= 0.6 is 0 Å². The molecule has 0 radical (unpaired) electrons. The third-order valence-corrected chi connectivity index (χ3v) is 5.47. The second kappa shape index (κ2) is 9.00. The number of rotatable bonds is 6. The lowest BCUT2D eigenvalue weighted by atomic mass is 9.98. The Bertz CT molecular complexity index is 678. The van der Waals surface area contributed by atoms with E-state index in [1.165, 1.54) is 5.56 Å². The molecule has 1 saturated heterocycles. The quantitative estimate of drug-likeness (QED) is 0.764. The Morgan fingerprint density at radius 1 is 1.04 bits per heavy atom. The summed E-state index contributed by atoms with van der Waals surface area (Å²) < 4.78 is 0. The van der Waals surface area contributed by atoms with Crippen LogP contribution in [-0.2, 0) is 11.2 Å². The SMILES string of the molecule is CCC(=O)N(c1ccccc1)C1CCN([C@H](C)Cc2ccccc2)CC1. The summed E-state index contributed by atoms with van der Waals surface area (Å²) in [5.74, 6) is 0.229. The molecule has 0 unspecified atom stereocenters. The van der Waals surface area contributed by atoms with Crippen molar-refractivity contribution in [2.75, 3.05) is 18.0 Å². The molecule has 2 aromatic carbocycles. The van der Waals surface area contributed by atoms with Gasteiger partial charge in [-0.15, -0.1) is 0 Å². The maximum atomic E-state index is 12.6. The topological polar surface area (TPSA) is 23.6 Å². The summed E-state index contributed by atoms with van der Waals surface area (Å²) in [6, 6.07) is 21.7. The zero-order valence-corrected chi connectivity index (χ0v) is 16.0. The van der Waals surface area contributed by atoms with Crippen LogP contribution in [0.25, 0.3) is 0 Å². The van der Waals surface area contributed by atoms with Crippen molar-refractivity contribution in [2.24, 2.45) is 0 Å². The van der Waals surface area contributed by atoms with Crippen molar-refractivity contribution in [3.63, 3.8) is 0 Å². The minimum absolute atomic E-state index is 0.229. The van der Waals surface area contributed by atoms with Crippen LogP contribution in [0, 0.1) is 0 Å². The molecule has 3 rings (SSSR count). The number of carbonyl (C=O) groups excluding carboxylic acids is 1. The Morgan fingerprint density at radius 2 is 1.62 bits per heavy atom. The normalized spacial score (nSPS) is 17.0. The van der Waals surface area contributed by atoms with E-state index >= 15 is 0 Å². The summed E-state index contributed by atoms with van der Waals surface area (Å²) in [5.41, 5.74) is 2.43. The standard InChI is InChI=1S/C23H30N2O/c1-3-23(26)25(21-12-8-5-9-13-21)22-14-16-24(17-15-22)19(2)18-20-10-6-4-7-11-20/h4-13,19,22H,3,14-18H2,1-2H3/t19-/m1/s1. The predicted octanol–water partition coefficient (Wildman–Crippen LogP) is 4.53. The highest BCUT2D eigenvalue weighted by Crippen LogP contribution is 2.25. The molecule has 0 aromatic heterocycles. The minimum Gasteiger partial charge on any atom is -0.309 e. The second-order valence-corrected chi connectivity index (χ2v) is 7.26. The lowest BCUT2D eigenvalue weighted by Gasteiger charge is -2.40. The van der Waals surface area contributed by atoms with Gasteiger partial charge in [0.2, 0.25) is 5.91 Å². The van der Waals surface area contributed by atoms with Gasteiger partial charge in [-0.3, -0.25) is 4.79 Å². The summed E-state index contributed by atoms with van der Waals surface area (Å²) in [6.45, 7) is 6.38. The van der Waals surface area contributed by atoms with Gasteiger partial charge in [0.15, 0.2) is 0 Å². The van der Waals surface area contributed by atoms with Crippen LogP contribution in [-0.4, -0.2) is 36.0 Å². The summed E-state index contributed by atoms with van der Waals surface area (Å²) in [4.78, 5) is 17.2. The Kier molecular flexibility index (Phi) is 6.45. The molecule has 138 valence electrons. The summed E-state index contributed by atoms with van der Waals surface area (Å²) in [6.07, 6.45) is 3.72. The van der Waals surface area contributed by atoms with E-state index in [4.69, 9.17) is 0 Å². The van der Waals surface area contributed by atoms with Crippen LogP contribution in [0.2, 0.25) is 0 Å². The maximum Gasteiger partial charge on any atom is 0.226 e. The van der Waals surface area contributed by atoms with E-state index < -0.39 is 0 Å². The van der Waals surface area contributed by atoms with Crippen LogP contribution in [0.5, 0.6) is 0 Å². The number of nitrogens with zero attached hydrogens (tertiary/aromatic N) is 2. The highest BCUT2D eigenvalue weighted by Gasteiger charge is 2.29. The van der Waals surface area contributed by atoms with Gasteiger partial charge < -0.3 is 9.80 Å². The van der Waals surface area contributed by atoms with Crippen molar-refractivity contribution in [3.8, 4) is 0 Å². The molecule has 1 fully saturated rings. The van der Waals surface area contributed by atoms with E-state index in [-0.39, 0.29) is 5.91 Å². The summed E-state index contributed by atoms with van der Waals surface area (Å²) in [7, 11) is 0. The van der Waals surface area contributed by atoms with Gasteiger partial charge in [0.1, 0.15) is 0 Å². The zero-order chi connectivity index (χ0) is 18.4. The minimum atomic E-state index is 0.229. The molecule has 26 heavy (non-hydrogen) atoms. The van der Waals surface area contributed by atoms with E-state index in [1.54, 1.807) is 0 Å². The van der Waals surface area contributed by atoms with Crippen LogP contribution in [0.3, 0.4) is 0 Å². The number of amides is 1. The molecule has 2 aromatic rings. The van der Waals surface area contributed by atoms with E-state index in [9.17, 15) is 4.79 Å². The molecule has 0 bridgehead atoms. The molecule has 1 amide bonds. The first-order valence-corrected chi connectivity index (χ1v) is 9.84. The number of piperidine rings is 1. The van der Waals surface area contributed by atoms with E-state index in [0.717, 1.165) is 38.0 Å². The lowest BCUT2D eigenvalue weighted by molar-refractivity contribution is -0.119. The summed E-state index contributed by atoms with van der Waals surface area (Å²) in [5, 5.41) is 0. The van der Waals surface area contributed by atoms with Gasteiger partial charge in [-0.25, -0.2) is 0 Å². The van der Waals surface area contributed by atoms with E-state index in [0.29, 0.717) is 18.5 Å². The molecule has 0 saturated carbocycles. The molecule has 3 nitrogen and oxygen atoms in total. The Hall–Kier alpha value is -2.13. The van der Waals surface area contributed by atoms with Crippen LogP contribution in [0.1, 0.15) is 38.7 Å². The predicted molar refractivity (Wildman–Crippen MR) is 108 cm³/mol. The molecule has 1 heterocycles. The maximum absolute atomic E-state index is 12.6. The van der Waals surface area contributed by atoms with Gasteiger partial charge in [-0.2, -0.15) is 0 Å². The Morgan fingerprint density at radius 3 is 2.19 bits per heavy atom. The monoisotopic (exact) mass is 350 g/mol. The van der Waals surface area contributed by atoms with Crippen molar-refractivity contribution in [2.45, 2.75) is 51.6 Å². The Labute approximate surface area is 157 Å². The zero-order valence-electron chi connectivity index (χ0n) is 16.0. The molecule has 0 N–H and O–H groups in total. The van der Waals surface area contributed by atoms with E-state index in [1.807, 2.05) is 30.0 Å². The fourth-order valence-electron chi connectivity index (χ4n) is 3.99. The highest BCUT2D eigenvalue weighted by molar-refractivity contribution is 5.93. The van der Waals surface area contributed by atoms with Gasteiger partial charge in [-0.1, -0.05) is 55.5 Å². The number of likely N-dealkylation sites (tertiary alicyclic amines) is 1. The van der Waals surface area contributed by atoms with Crippen molar-refractivity contribution in [1.29, 1.82) is 0 Å². The number of carbonyl (C=O) groups is 1. The van der Waals surface area contributed by atoms with Crippen molar-refractivity contribution < 1.29 is 4.79 Å². The second-order valence-electron chi connectivity index (χ2n) is 7.26. The first-order chi connectivity index (χ1) is 12.7. The largest absolute Gasteiger partial charge is 0.309 e. The number of hydrogen-bond donors (Lipinski definition) is 0. The number of para-hydroxylation sites is 1. The van der Waals surface area contributed by atoms with Gasteiger partial charge >= 0.3 is 0 Å². The average molecular weight is 351 g/mol. The molecule has 3 heteroatoms. The Balaban J connectivity index is 1.62.